The van der Waals surface area contributed by atoms with Crippen molar-refractivity contribution in [2.45, 2.75) is 0 Å². The Morgan fingerprint density at radius 3 is 2.41 bits per heavy atom. The molecule has 7 heteroatoms. The minimum absolute atomic E-state index is 0.0405. The fourth-order valence-corrected chi connectivity index (χ4v) is 1.88. The Hall–Kier alpha value is -3.35. The van der Waals surface area contributed by atoms with Crippen LogP contribution in [0.25, 0.3) is 6.08 Å². The molecule has 22 heavy (non-hydrogen) atoms. The van der Waals surface area contributed by atoms with Crippen molar-refractivity contribution in [3.8, 4) is 0 Å². The molecule has 0 atom stereocenters. The number of carbonyl (C=O) groups is 1. The Labute approximate surface area is 124 Å². The van der Waals surface area contributed by atoms with Crippen LogP contribution < -0.4 is 0 Å². The molecule has 1 aliphatic heterocycles. The lowest BCUT2D eigenvalue weighted by Crippen LogP contribution is -2.05. The smallest absolute Gasteiger partial charge is 0.363 e. The fraction of sp³-hybridized carbons (Fsp3) is 0. The summed E-state index contributed by atoms with van der Waals surface area (Å²) < 4.78 is 5.09. The van der Waals surface area contributed by atoms with Crippen LogP contribution in [-0.4, -0.2) is 21.8 Å². The van der Waals surface area contributed by atoms with Crippen LogP contribution >= 0.6 is 0 Å². The molecule has 0 saturated carbocycles. The zero-order valence-electron chi connectivity index (χ0n) is 11.2. The third kappa shape index (κ3) is 2.73. The molecule has 3 rings (SSSR count). The van der Waals surface area contributed by atoms with E-state index in [4.69, 9.17) is 4.74 Å². The number of pyridine rings is 1. The molecule has 7 nitrogen and oxygen atoms in total. The lowest BCUT2D eigenvalue weighted by Gasteiger charge is -1.98. The second kappa shape index (κ2) is 5.57. The molecular weight excluding hydrogens is 286 g/mol. The number of nitro groups is 1. The topological polar surface area (TPSA) is 94.7 Å². The Balaban J connectivity index is 1.90. The van der Waals surface area contributed by atoms with Gasteiger partial charge in [-0.3, -0.25) is 15.1 Å². The van der Waals surface area contributed by atoms with Crippen molar-refractivity contribution >= 4 is 23.6 Å². The number of nitro benzene ring substituents is 1. The fourth-order valence-electron chi connectivity index (χ4n) is 1.88. The average molecular weight is 295 g/mol. The summed E-state index contributed by atoms with van der Waals surface area (Å²) in [6, 6.07) is 9.10. The van der Waals surface area contributed by atoms with Crippen molar-refractivity contribution in [2.75, 3.05) is 0 Å². The molecule has 0 radical (unpaired) electrons. The van der Waals surface area contributed by atoms with Gasteiger partial charge in [0.1, 0.15) is 0 Å². The molecule has 2 aromatic rings. The molecule has 108 valence electrons. The summed E-state index contributed by atoms with van der Waals surface area (Å²) in [5, 5.41) is 10.6. The normalized spacial score (nSPS) is 15.5. The third-order valence-corrected chi connectivity index (χ3v) is 2.96. The summed E-state index contributed by atoms with van der Waals surface area (Å²) in [5.74, 6) is -0.439. The Kier molecular flexibility index (Phi) is 3.45. The number of aromatic nitrogens is 1. The van der Waals surface area contributed by atoms with Gasteiger partial charge in [0, 0.05) is 30.1 Å². The number of benzene rings is 1. The van der Waals surface area contributed by atoms with E-state index in [9.17, 15) is 14.9 Å². The van der Waals surface area contributed by atoms with Gasteiger partial charge in [0.25, 0.3) is 5.69 Å². The van der Waals surface area contributed by atoms with E-state index in [1.165, 1.54) is 24.3 Å². The summed E-state index contributed by atoms with van der Waals surface area (Å²) in [5.41, 5.74) is 1.40. The van der Waals surface area contributed by atoms with Gasteiger partial charge in [-0.1, -0.05) is 0 Å². The van der Waals surface area contributed by atoms with E-state index in [0.29, 0.717) is 5.56 Å². The number of hydrogen-bond donors (Lipinski definition) is 0. The van der Waals surface area contributed by atoms with E-state index in [1.54, 1.807) is 30.6 Å². The van der Waals surface area contributed by atoms with Gasteiger partial charge < -0.3 is 4.74 Å². The van der Waals surface area contributed by atoms with Gasteiger partial charge >= 0.3 is 5.97 Å². The third-order valence-electron chi connectivity index (χ3n) is 2.96. The van der Waals surface area contributed by atoms with Gasteiger partial charge in [-0.2, -0.15) is 0 Å². The Morgan fingerprint density at radius 1 is 1.09 bits per heavy atom. The predicted octanol–water partition coefficient (Wildman–Crippen LogP) is 2.33. The Bertz CT molecular complexity index is 795. The van der Waals surface area contributed by atoms with Gasteiger partial charge in [-0.25, -0.2) is 9.79 Å². The summed E-state index contributed by atoms with van der Waals surface area (Å²) in [4.78, 5) is 29.9. The molecule has 1 aliphatic rings. The molecule has 0 bridgehead atoms. The minimum atomic E-state index is -0.565. The number of ether oxygens (including phenoxy) is 1. The second-order valence-corrected chi connectivity index (χ2v) is 4.42. The number of hydrogen-bond acceptors (Lipinski definition) is 6. The van der Waals surface area contributed by atoms with Gasteiger partial charge in [-0.15, -0.1) is 0 Å². The maximum atomic E-state index is 11.8. The first kappa shape index (κ1) is 13.6. The number of esters is 1. The van der Waals surface area contributed by atoms with Gasteiger partial charge in [0.05, 0.1) is 4.92 Å². The highest BCUT2D eigenvalue weighted by Crippen LogP contribution is 2.20. The molecule has 1 aromatic heterocycles. The van der Waals surface area contributed by atoms with Gasteiger partial charge in [-0.05, 0) is 35.9 Å². The van der Waals surface area contributed by atoms with Crippen LogP contribution in [0.4, 0.5) is 5.69 Å². The monoisotopic (exact) mass is 295 g/mol. The lowest BCUT2D eigenvalue weighted by atomic mass is 10.2. The van der Waals surface area contributed by atoms with E-state index >= 15 is 0 Å². The minimum Gasteiger partial charge on any atom is -0.402 e. The molecular formula is C15H9N3O4. The van der Waals surface area contributed by atoms with Crippen LogP contribution in [0.5, 0.6) is 0 Å². The lowest BCUT2D eigenvalue weighted by molar-refractivity contribution is -0.384. The van der Waals surface area contributed by atoms with E-state index in [1.807, 2.05) is 0 Å². The van der Waals surface area contributed by atoms with E-state index < -0.39 is 10.9 Å². The number of rotatable bonds is 3. The van der Waals surface area contributed by atoms with Crippen LogP contribution in [-0.2, 0) is 9.53 Å². The van der Waals surface area contributed by atoms with Crippen molar-refractivity contribution in [1.82, 2.24) is 4.98 Å². The predicted molar refractivity (Wildman–Crippen MR) is 77.9 cm³/mol. The van der Waals surface area contributed by atoms with Crippen LogP contribution in [0.15, 0.2) is 59.5 Å². The highest BCUT2D eigenvalue weighted by Gasteiger charge is 2.24. The first-order chi connectivity index (χ1) is 10.6. The summed E-state index contributed by atoms with van der Waals surface area (Å²) in [6.07, 6.45) is 4.80. The first-order valence-electron chi connectivity index (χ1n) is 6.31. The molecule has 2 heterocycles. The van der Waals surface area contributed by atoms with E-state index in [-0.39, 0.29) is 17.3 Å². The highest BCUT2D eigenvalue weighted by atomic mass is 16.6. The van der Waals surface area contributed by atoms with Gasteiger partial charge in [0.15, 0.2) is 5.70 Å². The molecule has 1 aromatic carbocycles. The van der Waals surface area contributed by atoms with Gasteiger partial charge in [0.2, 0.25) is 5.90 Å². The van der Waals surface area contributed by atoms with Crippen molar-refractivity contribution in [1.29, 1.82) is 0 Å². The summed E-state index contributed by atoms with van der Waals surface area (Å²) in [6.45, 7) is 0. The van der Waals surface area contributed by atoms with E-state index in [0.717, 1.165) is 5.56 Å². The number of non-ortho nitro benzene ring substituents is 1. The van der Waals surface area contributed by atoms with E-state index in [2.05, 4.69) is 9.98 Å². The van der Waals surface area contributed by atoms with Crippen molar-refractivity contribution in [3.05, 3.63) is 75.7 Å². The van der Waals surface area contributed by atoms with Crippen LogP contribution in [0.1, 0.15) is 11.1 Å². The first-order valence-corrected chi connectivity index (χ1v) is 6.31. The van der Waals surface area contributed by atoms with Crippen molar-refractivity contribution in [2.24, 2.45) is 4.99 Å². The number of carbonyl (C=O) groups excluding carboxylic acids is 1. The summed E-state index contributed by atoms with van der Waals surface area (Å²) in [7, 11) is 0. The average Bonchev–Trinajstić information content (AvgIpc) is 2.89. The molecule has 0 saturated heterocycles. The zero-order valence-corrected chi connectivity index (χ0v) is 11.2. The maximum Gasteiger partial charge on any atom is 0.363 e. The Morgan fingerprint density at radius 2 is 1.77 bits per heavy atom. The molecule has 0 amide bonds. The standard InChI is InChI=1S/C15H9N3O4/c19-15-13(9-10-5-7-16-8-6-10)17-14(22-15)11-1-3-12(4-2-11)18(20)21/h1-9H. The number of nitrogens with zero attached hydrogens (tertiary/aromatic N) is 3. The summed E-state index contributed by atoms with van der Waals surface area (Å²) >= 11 is 0. The quantitative estimate of drug-likeness (QED) is 0.375. The van der Waals surface area contributed by atoms with Crippen molar-refractivity contribution < 1.29 is 14.5 Å². The van der Waals surface area contributed by atoms with Crippen LogP contribution in [0.2, 0.25) is 0 Å². The molecule has 0 aliphatic carbocycles. The number of aliphatic imine (C=N–C) groups is 1. The largest absolute Gasteiger partial charge is 0.402 e. The highest BCUT2D eigenvalue weighted by molar-refractivity contribution is 6.12. The van der Waals surface area contributed by atoms with Crippen molar-refractivity contribution in [3.63, 3.8) is 0 Å². The van der Waals surface area contributed by atoms with Crippen LogP contribution in [0, 0.1) is 10.1 Å². The molecule has 0 fully saturated rings. The second-order valence-electron chi connectivity index (χ2n) is 4.42. The maximum absolute atomic E-state index is 11.8. The molecule has 0 N–H and O–H groups in total. The molecule has 0 unspecified atom stereocenters. The van der Waals surface area contributed by atoms with Crippen LogP contribution in [0.3, 0.4) is 0 Å². The zero-order chi connectivity index (χ0) is 15.5. The SMILES string of the molecule is O=C1OC(c2ccc([N+](=O)[O-])cc2)=NC1=Cc1ccncc1. The molecule has 0 spiro atoms. The number of cyclic esters (lactones) is 1.